The van der Waals surface area contributed by atoms with E-state index in [0.29, 0.717) is 5.82 Å². The number of rotatable bonds is 1. The topological polar surface area (TPSA) is 101 Å². The quantitative estimate of drug-likeness (QED) is 0.548. The summed E-state index contributed by atoms with van der Waals surface area (Å²) in [5.74, 6) is 1.35. The summed E-state index contributed by atoms with van der Waals surface area (Å²) in [6.45, 7) is 0. The van der Waals surface area contributed by atoms with Crippen molar-refractivity contribution in [1.29, 1.82) is 0 Å². The number of nitrogens with two attached hydrogens (primary N) is 1. The highest BCUT2D eigenvalue weighted by molar-refractivity contribution is 8.00. The summed E-state index contributed by atoms with van der Waals surface area (Å²) >= 11 is 1.67. The lowest BCUT2D eigenvalue weighted by Crippen LogP contribution is -2.65. The van der Waals surface area contributed by atoms with Crippen LogP contribution in [0.4, 0.5) is 0 Å². The monoisotopic (exact) mass is 212 g/mol. The van der Waals surface area contributed by atoms with Gasteiger partial charge >= 0.3 is 0 Å². The Labute approximate surface area is 83.4 Å². The molecular formula is C6H8N6OS. The molecule has 14 heavy (non-hydrogen) atoms. The van der Waals surface area contributed by atoms with Gasteiger partial charge in [0.05, 0.1) is 0 Å². The fraction of sp³-hybridized carbons (Fsp3) is 0.667. The fourth-order valence-electron chi connectivity index (χ4n) is 1.80. The molecule has 0 spiro atoms. The molecule has 2 unspecified atom stereocenters. The van der Waals surface area contributed by atoms with Crippen LogP contribution in [0.3, 0.4) is 0 Å². The summed E-state index contributed by atoms with van der Waals surface area (Å²) in [7, 11) is 0. The Bertz CT molecular complexity index is 366. The zero-order valence-corrected chi connectivity index (χ0v) is 7.94. The van der Waals surface area contributed by atoms with Crippen molar-refractivity contribution in [2.45, 2.75) is 17.5 Å². The maximum absolute atomic E-state index is 11.5. The second-order valence-electron chi connectivity index (χ2n) is 3.28. The van der Waals surface area contributed by atoms with E-state index >= 15 is 0 Å². The van der Waals surface area contributed by atoms with Gasteiger partial charge in [-0.3, -0.25) is 4.79 Å². The molecule has 2 aliphatic heterocycles. The summed E-state index contributed by atoms with van der Waals surface area (Å²) in [5.41, 5.74) is 5.65. The van der Waals surface area contributed by atoms with Gasteiger partial charge in [-0.25, -0.2) is 0 Å². The molecule has 2 saturated heterocycles. The van der Waals surface area contributed by atoms with Crippen molar-refractivity contribution in [2.24, 2.45) is 5.73 Å². The third-order valence-corrected chi connectivity index (χ3v) is 3.91. The van der Waals surface area contributed by atoms with E-state index in [1.165, 1.54) is 0 Å². The standard InChI is InChI=1S/C6H8N6OS/c7-3-5(13)12-2(1-14-6(3)12)4-8-10-11-9-4/h2-3,6H,1,7H2,(H,8,9,10,11)/t2?,3?,6-/m0/s1. The first-order chi connectivity index (χ1) is 6.79. The van der Waals surface area contributed by atoms with Gasteiger partial charge < -0.3 is 10.6 Å². The van der Waals surface area contributed by atoms with E-state index in [-0.39, 0.29) is 23.4 Å². The molecule has 0 aromatic carbocycles. The van der Waals surface area contributed by atoms with Gasteiger partial charge in [-0.2, -0.15) is 5.21 Å². The number of nitrogens with zero attached hydrogens (tertiary/aromatic N) is 4. The number of β-lactam (4-membered cyclic amide) rings is 1. The molecule has 74 valence electrons. The molecule has 1 aromatic rings. The molecular weight excluding hydrogens is 204 g/mol. The number of thioether (sulfide) groups is 1. The van der Waals surface area contributed by atoms with Crippen LogP contribution in [0.15, 0.2) is 0 Å². The minimum Gasteiger partial charge on any atom is -0.317 e. The summed E-state index contributed by atoms with van der Waals surface area (Å²) in [4.78, 5) is 13.2. The van der Waals surface area contributed by atoms with Crippen LogP contribution in [0.2, 0.25) is 0 Å². The summed E-state index contributed by atoms with van der Waals surface area (Å²) in [5, 5.41) is 13.7. The third-order valence-electron chi connectivity index (χ3n) is 2.54. The second kappa shape index (κ2) is 2.67. The highest BCUT2D eigenvalue weighted by atomic mass is 32.2. The molecule has 1 amide bonds. The Morgan fingerprint density at radius 3 is 3.21 bits per heavy atom. The van der Waals surface area contributed by atoms with Crippen LogP contribution in [-0.2, 0) is 4.79 Å². The number of tetrazole rings is 1. The Morgan fingerprint density at radius 1 is 1.64 bits per heavy atom. The number of carbonyl (C=O) groups excluding carboxylic acids is 1. The number of aromatic amines is 1. The average Bonchev–Trinajstić information content (AvgIpc) is 2.83. The number of H-pyrrole nitrogens is 1. The molecule has 0 bridgehead atoms. The van der Waals surface area contributed by atoms with Crippen molar-refractivity contribution in [3.05, 3.63) is 5.82 Å². The van der Waals surface area contributed by atoms with Crippen molar-refractivity contribution in [3.8, 4) is 0 Å². The van der Waals surface area contributed by atoms with E-state index in [4.69, 9.17) is 5.73 Å². The van der Waals surface area contributed by atoms with Gasteiger partial charge in [-0.05, 0) is 0 Å². The molecule has 0 radical (unpaired) electrons. The Morgan fingerprint density at radius 2 is 2.50 bits per heavy atom. The molecule has 3 heterocycles. The predicted molar refractivity (Wildman–Crippen MR) is 48.0 cm³/mol. The van der Waals surface area contributed by atoms with Crippen molar-refractivity contribution >= 4 is 17.7 Å². The SMILES string of the molecule is NC1C(=O)N2C(c3nn[nH]n3)CS[C@@H]12. The van der Waals surface area contributed by atoms with E-state index in [0.717, 1.165) is 5.75 Å². The van der Waals surface area contributed by atoms with Gasteiger partial charge in [0.15, 0.2) is 5.82 Å². The molecule has 3 atom stereocenters. The van der Waals surface area contributed by atoms with E-state index in [2.05, 4.69) is 20.6 Å². The van der Waals surface area contributed by atoms with Gasteiger partial charge in [0.2, 0.25) is 5.91 Å². The lowest BCUT2D eigenvalue weighted by atomic mass is 10.1. The zero-order chi connectivity index (χ0) is 9.71. The molecule has 3 rings (SSSR count). The molecule has 2 aliphatic rings. The van der Waals surface area contributed by atoms with Crippen molar-refractivity contribution in [2.75, 3.05) is 5.75 Å². The highest BCUT2D eigenvalue weighted by Gasteiger charge is 2.54. The molecule has 1 aromatic heterocycles. The number of carbonyl (C=O) groups is 1. The van der Waals surface area contributed by atoms with Crippen LogP contribution >= 0.6 is 11.8 Å². The summed E-state index contributed by atoms with van der Waals surface area (Å²) < 4.78 is 0. The van der Waals surface area contributed by atoms with Crippen LogP contribution in [0.1, 0.15) is 11.9 Å². The van der Waals surface area contributed by atoms with Gasteiger partial charge in [0, 0.05) is 5.75 Å². The maximum atomic E-state index is 11.5. The number of fused-ring (bicyclic) bond motifs is 1. The van der Waals surface area contributed by atoms with Gasteiger partial charge in [0.1, 0.15) is 17.5 Å². The van der Waals surface area contributed by atoms with E-state index in [9.17, 15) is 4.79 Å². The van der Waals surface area contributed by atoms with Crippen LogP contribution in [0, 0.1) is 0 Å². The van der Waals surface area contributed by atoms with Crippen LogP contribution in [-0.4, -0.2) is 48.6 Å². The average molecular weight is 212 g/mol. The number of hydrogen-bond acceptors (Lipinski definition) is 6. The third kappa shape index (κ3) is 0.867. The number of aromatic nitrogens is 4. The summed E-state index contributed by atoms with van der Waals surface area (Å²) in [6, 6.07) is -0.409. The first kappa shape index (κ1) is 8.18. The van der Waals surface area contributed by atoms with Crippen LogP contribution < -0.4 is 5.73 Å². The molecule has 2 fully saturated rings. The van der Waals surface area contributed by atoms with E-state index in [1.807, 2.05) is 0 Å². The molecule has 3 N–H and O–H groups in total. The molecule has 0 saturated carbocycles. The molecule has 7 nitrogen and oxygen atoms in total. The fourth-order valence-corrected chi connectivity index (χ4v) is 3.23. The predicted octanol–water partition coefficient (Wildman–Crippen LogP) is -1.52. The van der Waals surface area contributed by atoms with Crippen LogP contribution in [0.5, 0.6) is 0 Å². The first-order valence-electron chi connectivity index (χ1n) is 4.22. The van der Waals surface area contributed by atoms with E-state index in [1.54, 1.807) is 16.7 Å². The Balaban J connectivity index is 1.88. The van der Waals surface area contributed by atoms with Crippen molar-refractivity contribution in [3.63, 3.8) is 0 Å². The van der Waals surface area contributed by atoms with Gasteiger partial charge in [0.25, 0.3) is 0 Å². The zero-order valence-electron chi connectivity index (χ0n) is 7.12. The molecule has 8 heteroatoms. The van der Waals surface area contributed by atoms with Crippen LogP contribution in [0.25, 0.3) is 0 Å². The smallest absolute Gasteiger partial charge is 0.244 e. The van der Waals surface area contributed by atoms with Crippen molar-refractivity contribution in [1.82, 2.24) is 25.5 Å². The number of nitrogens with one attached hydrogen (secondary N) is 1. The normalized spacial score (nSPS) is 35.6. The lowest BCUT2D eigenvalue weighted by molar-refractivity contribution is -0.146. The Kier molecular flexibility index (Phi) is 1.56. The second-order valence-corrected chi connectivity index (χ2v) is 4.43. The summed E-state index contributed by atoms with van der Waals surface area (Å²) in [6.07, 6.45) is 0. The Hall–Kier alpha value is -1.15. The van der Waals surface area contributed by atoms with Gasteiger partial charge in [-0.1, -0.05) is 5.21 Å². The van der Waals surface area contributed by atoms with Crippen molar-refractivity contribution < 1.29 is 4.79 Å². The maximum Gasteiger partial charge on any atom is 0.244 e. The minimum absolute atomic E-state index is 0.0187. The number of amides is 1. The molecule has 0 aliphatic carbocycles. The lowest BCUT2D eigenvalue weighted by Gasteiger charge is -2.41. The highest BCUT2D eigenvalue weighted by Crippen LogP contribution is 2.44. The minimum atomic E-state index is -0.350. The van der Waals surface area contributed by atoms with Gasteiger partial charge in [-0.15, -0.1) is 22.0 Å². The first-order valence-corrected chi connectivity index (χ1v) is 5.26. The number of hydrogen-bond donors (Lipinski definition) is 2. The van der Waals surface area contributed by atoms with E-state index < -0.39 is 0 Å². The largest absolute Gasteiger partial charge is 0.317 e.